The standard InChI is InChI=1S/C25H28ClN3O4/c1-17(30)13-21(29(2)24(31)12-11-18-7-5-6-10-22(18)26)16-33-25(32)28-23-14-19-8-3-4-9-20(19)15-27-23/h3-10,14-15,17,21,30H,11-13,16H2,1-2H3,(H,27,28,32)/t17-,21+/m1/s1. The average molecular weight is 470 g/mol. The second-order valence-corrected chi connectivity index (χ2v) is 8.38. The fourth-order valence-electron chi connectivity index (χ4n) is 3.52. The number of hydrogen-bond acceptors (Lipinski definition) is 5. The number of hydrogen-bond donors (Lipinski definition) is 2. The summed E-state index contributed by atoms with van der Waals surface area (Å²) in [6.07, 6.45) is 1.36. The maximum Gasteiger partial charge on any atom is 0.412 e. The molecule has 2 atom stereocenters. The van der Waals surface area contributed by atoms with Crippen molar-refractivity contribution in [1.29, 1.82) is 0 Å². The first kappa shape index (κ1) is 24.5. The van der Waals surface area contributed by atoms with E-state index in [4.69, 9.17) is 16.3 Å². The van der Waals surface area contributed by atoms with Crippen LogP contribution in [0.5, 0.6) is 0 Å². The summed E-state index contributed by atoms with van der Waals surface area (Å²) >= 11 is 6.17. The zero-order chi connectivity index (χ0) is 23.8. The highest BCUT2D eigenvalue weighted by Crippen LogP contribution is 2.18. The molecular weight excluding hydrogens is 442 g/mol. The highest BCUT2D eigenvalue weighted by molar-refractivity contribution is 6.31. The van der Waals surface area contributed by atoms with Gasteiger partial charge in [-0.1, -0.05) is 54.1 Å². The minimum absolute atomic E-state index is 0.0569. The normalized spacial score (nSPS) is 12.7. The lowest BCUT2D eigenvalue weighted by molar-refractivity contribution is -0.133. The van der Waals surface area contributed by atoms with E-state index in [1.54, 1.807) is 32.3 Å². The topological polar surface area (TPSA) is 91.8 Å². The zero-order valence-electron chi connectivity index (χ0n) is 18.7. The lowest BCUT2D eigenvalue weighted by Crippen LogP contribution is -2.42. The minimum atomic E-state index is -0.676. The second-order valence-electron chi connectivity index (χ2n) is 7.97. The highest BCUT2D eigenvalue weighted by Gasteiger charge is 2.23. The molecule has 174 valence electrons. The van der Waals surface area contributed by atoms with Gasteiger partial charge in [-0.2, -0.15) is 0 Å². The first-order valence-corrected chi connectivity index (χ1v) is 11.2. The van der Waals surface area contributed by atoms with Crippen LogP contribution in [0.3, 0.4) is 0 Å². The molecule has 1 aromatic heterocycles. The molecule has 3 rings (SSSR count). The number of nitrogens with zero attached hydrogens (tertiary/aromatic N) is 2. The van der Waals surface area contributed by atoms with Crippen LogP contribution in [0.25, 0.3) is 10.8 Å². The molecule has 0 unspecified atom stereocenters. The van der Waals surface area contributed by atoms with Crippen LogP contribution in [0, 0.1) is 0 Å². The molecule has 2 amide bonds. The minimum Gasteiger partial charge on any atom is -0.447 e. The predicted octanol–water partition coefficient (Wildman–Crippen LogP) is 4.67. The summed E-state index contributed by atoms with van der Waals surface area (Å²) in [5.74, 6) is 0.246. The molecule has 3 aromatic rings. The Morgan fingerprint density at radius 2 is 1.85 bits per heavy atom. The van der Waals surface area contributed by atoms with Gasteiger partial charge in [0.2, 0.25) is 5.91 Å². The van der Waals surface area contributed by atoms with E-state index < -0.39 is 18.2 Å². The number of pyridine rings is 1. The highest BCUT2D eigenvalue weighted by atomic mass is 35.5. The Labute approximate surface area is 198 Å². The maximum atomic E-state index is 12.7. The third-order valence-corrected chi connectivity index (χ3v) is 5.76. The molecule has 0 bridgehead atoms. The Morgan fingerprint density at radius 1 is 1.15 bits per heavy atom. The quantitative estimate of drug-likeness (QED) is 0.475. The first-order chi connectivity index (χ1) is 15.8. The van der Waals surface area contributed by atoms with Crippen LogP contribution >= 0.6 is 11.6 Å². The van der Waals surface area contributed by atoms with Crippen molar-refractivity contribution in [2.24, 2.45) is 0 Å². The number of rotatable bonds is 9. The van der Waals surface area contributed by atoms with E-state index in [1.807, 2.05) is 42.5 Å². The molecule has 0 fully saturated rings. The van der Waals surface area contributed by atoms with Crippen LogP contribution < -0.4 is 5.32 Å². The monoisotopic (exact) mass is 469 g/mol. The van der Waals surface area contributed by atoms with Gasteiger partial charge in [-0.25, -0.2) is 9.78 Å². The van der Waals surface area contributed by atoms with Crippen LogP contribution in [-0.2, 0) is 16.0 Å². The Kier molecular flexibility index (Phi) is 8.63. The smallest absolute Gasteiger partial charge is 0.412 e. The molecule has 33 heavy (non-hydrogen) atoms. The van der Waals surface area contributed by atoms with E-state index in [0.717, 1.165) is 16.3 Å². The molecule has 0 saturated heterocycles. The van der Waals surface area contributed by atoms with Gasteiger partial charge < -0.3 is 14.7 Å². The summed E-state index contributed by atoms with van der Waals surface area (Å²) in [4.78, 5) is 30.8. The number of halogens is 1. The number of carbonyl (C=O) groups is 2. The zero-order valence-corrected chi connectivity index (χ0v) is 19.5. The lowest BCUT2D eigenvalue weighted by atomic mass is 10.1. The molecule has 0 spiro atoms. The van der Waals surface area contributed by atoms with Gasteiger partial charge in [0, 0.05) is 30.1 Å². The van der Waals surface area contributed by atoms with Gasteiger partial charge >= 0.3 is 6.09 Å². The van der Waals surface area contributed by atoms with E-state index >= 15 is 0 Å². The van der Waals surface area contributed by atoms with E-state index in [1.165, 1.54) is 4.90 Å². The van der Waals surface area contributed by atoms with Crippen molar-refractivity contribution in [1.82, 2.24) is 9.88 Å². The Bertz CT molecular complexity index is 1110. The third-order valence-electron chi connectivity index (χ3n) is 5.39. The van der Waals surface area contributed by atoms with Crippen LogP contribution in [-0.4, -0.2) is 52.8 Å². The molecule has 0 radical (unpaired) electrons. The van der Waals surface area contributed by atoms with Crippen LogP contribution in [0.4, 0.5) is 10.6 Å². The number of ether oxygens (including phenoxy) is 1. The fraction of sp³-hybridized carbons (Fsp3) is 0.320. The number of amides is 2. The number of benzene rings is 2. The van der Waals surface area contributed by atoms with E-state index in [2.05, 4.69) is 10.3 Å². The molecule has 7 nitrogen and oxygen atoms in total. The van der Waals surface area contributed by atoms with Gasteiger partial charge in [-0.3, -0.25) is 10.1 Å². The number of aliphatic hydroxyl groups is 1. The molecule has 0 aliphatic carbocycles. The number of anilines is 1. The summed E-state index contributed by atoms with van der Waals surface area (Å²) < 4.78 is 5.36. The van der Waals surface area contributed by atoms with Crippen LogP contribution in [0.15, 0.2) is 60.8 Å². The summed E-state index contributed by atoms with van der Waals surface area (Å²) in [7, 11) is 1.65. The summed E-state index contributed by atoms with van der Waals surface area (Å²) in [6.45, 7) is 1.58. The largest absolute Gasteiger partial charge is 0.447 e. The number of carbonyl (C=O) groups excluding carboxylic acids is 2. The SMILES string of the molecule is C[C@@H](O)C[C@@H](COC(=O)Nc1cc2ccccc2cn1)N(C)C(=O)CCc1ccccc1Cl. The fourth-order valence-corrected chi connectivity index (χ4v) is 3.75. The average Bonchev–Trinajstić information content (AvgIpc) is 2.80. The van der Waals surface area contributed by atoms with Crippen molar-refractivity contribution in [3.05, 3.63) is 71.4 Å². The van der Waals surface area contributed by atoms with Gasteiger partial charge in [0.1, 0.15) is 12.4 Å². The van der Waals surface area contributed by atoms with E-state index in [9.17, 15) is 14.7 Å². The summed E-state index contributed by atoms with van der Waals surface area (Å²) in [5, 5.41) is 15.0. The van der Waals surface area contributed by atoms with Crippen molar-refractivity contribution in [3.8, 4) is 0 Å². The number of nitrogens with one attached hydrogen (secondary N) is 1. The molecule has 0 saturated carbocycles. The van der Waals surface area contributed by atoms with E-state index in [0.29, 0.717) is 17.3 Å². The molecular formula is C25H28ClN3O4. The lowest BCUT2D eigenvalue weighted by Gasteiger charge is -2.29. The number of aromatic nitrogens is 1. The molecule has 1 heterocycles. The van der Waals surface area contributed by atoms with Gasteiger partial charge in [-0.15, -0.1) is 0 Å². The van der Waals surface area contributed by atoms with Crippen molar-refractivity contribution in [3.63, 3.8) is 0 Å². The maximum absolute atomic E-state index is 12.7. The van der Waals surface area contributed by atoms with Crippen LogP contribution in [0.2, 0.25) is 5.02 Å². The molecule has 2 aromatic carbocycles. The van der Waals surface area contributed by atoms with E-state index in [-0.39, 0.29) is 25.4 Å². The number of aryl methyl sites for hydroxylation is 1. The molecule has 2 N–H and O–H groups in total. The summed E-state index contributed by atoms with van der Waals surface area (Å²) in [6, 6.07) is 16.4. The predicted molar refractivity (Wildman–Crippen MR) is 129 cm³/mol. The first-order valence-electron chi connectivity index (χ1n) is 10.8. The number of fused-ring (bicyclic) bond motifs is 1. The Morgan fingerprint density at radius 3 is 2.58 bits per heavy atom. The molecule has 0 aliphatic rings. The number of aliphatic hydroxyl groups excluding tert-OH is 1. The third kappa shape index (κ3) is 7.17. The van der Waals surface area contributed by atoms with Gasteiger partial charge in [0.05, 0.1) is 12.1 Å². The van der Waals surface area contributed by atoms with Gasteiger partial charge in [0.15, 0.2) is 0 Å². The van der Waals surface area contributed by atoms with Gasteiger partial charge in [0.25, 0.3) is 0 Å². The van der Waals surface area contributed by atoms with Gasteiger partial charge in [-0.05, 0) is 42.8 Å². The van der Waals surface area contributed by atoms with Crippen molar-refractivity contribution in [2.45, 2.75) is 38.3 Å². The van der Waals surface area contributed by atoms with Crippen molar-refractivity contribution in [2.75, 3.05) is 19.0 Å². The molecule has 0 aliphatic heterocycles. The van der Waals surface area contributed by atoms with Crippen molar-refractivity contribution >= 4 is 40.2 Å². The molecule has 8 heteroatoms. The van der Waals surface area contributed by atoms with Crippen LogP contribution in [0.1, 0.15) is 25.3 Å². The number of likely N-dealkylation sites (N-methyl/N-ethyl adjacent to an activating group) is 1. The summed E-state index contributed by atoms with van der Waals surface area (Å²) in [5.41, 5.74) is 0.895. The Balaban J connectivity index is 1.56. The van der Waals surface area contributed by atoms with Crippen molar-refractivity contribution < 1.29 is 19.4 Å². The second kappa shape index (κ2) is 11.6. The Hall–Kier alpha value is -3.16.